The van der Waals surface area contributed by atoms with E-state index in [-0.39, 0.29) is 0 Å². The number of carboxylic acids is 1. The Morgan fingerprint density at radius 3 is 2.67 bits per heavy atom. The van der Waals surface area contributed by atoms with E-state index in [9.17, 15) is 4.79 Å². The first-order chi connectivity index (χ1) is 10.1. The summed E-state index contributed by atoms with van der Waals surface area (Å²) in [5.41, 5.74) is 2.10. The molecule has 0 atom stereocenters. The van der Waals surface area contributed by atoms with E-state index in [1.807, 2.05) is 13.0 Å². The first-order valence-electron chi connectivity index (χ1n) is 6.29. The lowest BCUT2D eigenvalue weighted by atomic mass is 10.1. The summed E-state index contributed by atoms with van der Waals surface area (Å²) < 4.78 is 5.75. The predicted molar refractivity (Wildman–Crippen MR) is 79.1 cm³/mol. The summed E-state index contributed by atoms with van der Waals surface area (Å²) in [7, 11) is 0. The van der Waals surface area contributed by atoms with E-state index in [1.54, 1.807) is 36.4 Å². The Labute approximate surface area is 122 Å². The van der Waals surface area contributed by atoms with Crippen LogP contribution < -0.4 is 4.74 Å². The summed E-state index contributed by atoms with van der Waals surface area (Å²) in [5.74, 6) is 0.137. The lowest BCUT2D eigenvalue weighted by molar-refractivity contribution is -0.131. The van der Waals surface area contributed by atoms with Crippen LogP contribution in [-0.2, 0) is 4.79 Å². The van der Waals surface area contributed by atoms with Gasteiger partial charge in [-0.2, -0.15) is 5.26 Å². The molecule has 0 aliphatic rings. The first-order valence-corrected chi connectivity index (χ1v) is 6.29. The fourth-order valence-corrected chi connectivity index (χ4v) is 1.82. The summed E-state index contributed by atoms with van der Waals surface area (Å²) in [6, 6.07) is 14.4. The average Bonchev–Trinajstić information content (AvgIpc) is 2.48. The molecule has 0 aliphatic carbocycles. The molecule has 21 heavy (non-hydrogen) atoms. The fraction of sp³-hybridized carbons (Fsp3) is 0.0588. The maximum Gasteiger partial charge on any atom is 0.328 e. The maximum atomic E-state index is 10.5. The summed E-state index contributed by atoms with van der Waals surface area (Å²) >= 11 is 0. The van der Waals surface area contributed by atoms with Crippen LogP contribution >= 0.6 is 0 Å². The van der Waals surface area contributed by atoms with Gasteiger partial charge in [0.25, 0.3) is 0 Å². The van der Waals surface area contributed by atoms with Gasteiger partial charge in [-0.05, 0) is 48.4 Å². The van der Waals surface area contributed by atoms with Crippen LogP contribution in [0.15, 0.2) is 48.5 Å². The summed E-state index contributed by atoms with van der Waals surface area (Å²) in [4.78, 5) is 10.5. The van der Waals surface area contributed by atoms with Gasteiger partial charge in [-0.15, -0.1) is 0 Å². The van der Waals surface area contributed by atoms with Crippen molar-refractivity contribution >= 4 is 12.0 Å². The van der Waals surface area contributed by atoms with Crippen LogP contribution in [0.1, 0.15) is 16.7 Å². The third-order valence-corrected chi connectivity index (χ3v) is 2.84. The van der Waals surface area contributed by atoms with E-state index in [0.717, 1.165) is 17.2 Å². The number of benzene rings is 2. The Hall–Kier alpha value is -3.06. The van der Waals surface area contributed by atoms with Gasteiger partial charge in [0.15, 0.2) is 0 Å². The number of rotatable bonds is 4. The number of para-hydroxylation sites is 1. The number of carbonyl (C=O) groups is 1. The zero-order valence-corrected chi connectivity index (χ0v) is 11.4. The number of aryl methyl sites for hydroxylation is 1. The van der Waals surface area contributed by atoms with E-state index >= 15 is 0 Å². The molecule has 4 heteroatoms. The quantitative estimate of drug-likeness (QED) is 0.865. The van der Waals surface area contributed by atoms with Crippen molar-refractivity contribution in [2.24, 2.45) is 0 Å². The minimum absolute atomic E-state index is 0.465. The summed E-state index contributed by atoms with van der Waals surface area (Å²) in [6.45, 7) is 1.86. The van der Waals surface area contributed by atoms with E-state index in [1.165, 1.54) is 6.08 Å². The molecule has 4 nitrogen and oxygen atoms in total. The molecule has 2 rings (SSSR count). The van der Waals surface area contributed by atoms with Crippen LogP contribution in [0.25, 0.3) is 6.08 Å². The van der Waals surface area contributed by atoms with Crippen molar-refractivity contribution in [3.8, 4) is 17.6 Å². The molecule has 0 bridgehead atoms. The van der Waals surface area contributed by atoms with Crippen LogP contribution in [0.5, 0.6) is 11.5 Å². The Morgan fingerprint density at radius 2 is 2.00 bits per heavy atom. The van der Waals surface area contributed by atoms with Crippen molar-refractivity contribution in [2.45, 2.75) is 6.92 Å². The molecule has 2 aromatic rings. The van der Waals surface area contributed by atoms with Gasteiger partial charge in [0.1, 0.15) is 17.6 Å². The van der Waals surface area contributed by atoms with Gasteiger partial charge in [-0.1, -0.05) is 18.2 Å². The topological polar surface area (TPSA) is 70.3 Å². The van der Waals surface area contributed by atoms with Crippen molar-refractivity contribution in [1.82, 2.24) is 0 Å². The maximum absolute atomic E-state index is 10.5. The van der Waals surface area contributed by atoms with Crippen molar-refractivity contribution in [3.05, 3.63) is 65.2 Å². The van der Waals surface area contributed by atoms with Crippen LogP contribution in [0.3, 0.4) is 0 Å². The third-order valence-electron chi connectivity index (χ3n) is 2.84. The van der Waals surface area contributed by atoms with Crippen molar-refractivity contribution in [3.63, 3.8) is 0 Å². The summed E-state index contributed by atoms with van der Waals surface area (Å²) in [6.07, 6.45) is 2.60. The zero-order valence-electron chi connectivity index (χ0n) is 11.4. The van der Waals surface area contributed by atoms with Gasteiger partial charge in [0.05, 0.1) is 5.56 Å². The number of hydrogen-bond acceptors (Lipinski definition) is 3. The van der Waals surface area contributed by atoms with Crippen molar-refractivity contribution < 1.29 is 14.6 Å². The van der Waals surface area contributed by atoms with Crippen molar-refractivity contribution in [1.29, 1.82) is 5.26 Å². The number of nitriles is 1. The van der Waals surface area contributed by atoms with Gasteiger partial charge in [-0.3, -0.25) is 0 Å². The number of ether oxygens (including phenoxy) is 1. The highest BCUT2D eigenvalue weighted by atomic mass is 16.5. The number of carboxylic acid groups (broad SMARTS) is 1. The van der Waals surface area contributed by atoms with Gasteiger partial charge in [0.2, 0.25) is 0 Å². The van der Waals surface area contributed by atoms with E-state index < -0.39 is 5.97 Å². The van der Waals surface area contributed by atoms with Gasteiger partial charge >= 0.3 is 5.97 Å². The SMILES string of the molecule is Cc1cc(C=CC(=O)O)ccc1Oc1ccccc1C#N. The Kier molecular flexibility index (Phi) is 4.37. The zero-order chi connectivity index (χ0) is 15.2. The van der Waals surface area contributed by atoms with Crippen LogP contribution in [0, 0.1) is 18.3 Å². The first kappa shape index (κ1) is 14.4. The molecule has 0 aliphatic heterocycles. The lowest BCUT2D eigenvalue weighted by Gasteiger charge is -2.10. The molecular weight excluding hydrogens is 266 g/mol. The molecule has 0 unspecified atom stereocenters. The number of nitrogens with zero attached hydrogens (tertiary/aromatic N) is 1. The van der Waals surface area contributed by atoms with Crippen LogP contribution in [0.4, 0.5) is 0 Å². The molecule has 1 N–H and O–H groups in total. The second-order valence-corrected chi connectivity index (χ2v) is 4.41. The highest BCUT2D eigenvalue weighted by molar-refractivity contribution is 5.85. The molecule has 0 spiro atoms. The second kappa shape index (κ2) is 6.40. The molecule has 0 saturated carbocycles. The number of hydrogen-bond donors (Lipinski definition) is 1. The normalized spacial score (nSPS) is 10.3. The van der Waals surface area contributed by atoms with E-state index in [0.29, 0.717) is 17.1 Å². The molecule has 0 saturated heterocycles. The molecule has 0 amide bonds. The molecule has 0 radical (unpaired) electrons. The highest BCUT2D eigenvalue weighted by Gasteiger charge is 2.06. The lowest BCUT2D eigenvalue weighted by Crippen LogP contribution is -1.91. The van der Waals surface area contributed by atoms with Gasteiger partial charge in [0, 0.05) is 6.08 Å². The molecule has 0 fully saturated rings. The van der Waals surface area contributed by atoms with Crippen LogP contribution in [-0.4, -0.2) is 11.1 Å². The molecule has 0 heterocycles. The molecule has 104 valence electrons. The standard InChI is InChI=1S/C17H13NO3/c1-12-10-13(7-9-17(19)20)6-8-15(12)21-16-5-3-2-4-14(16)11-18/h2-10H,1H3,(H,19,20). The Balaban J connectivity index is 2.26. The fourth-order valence-electron chi connectivity index (χ4n) is 1.82. The third kappa shape index (κ3) is 3.71. The minimum Gasteiger partial charge on any atom is -0.478 e. The summed E-state index contributed by atoms with van der Waals surface area (Å²) in [5, 5.41) is 17.6. The van der Waals surface area contributed by atoms with Crippen molar-refractivity contribution in [2.75, 3.05) is 0 Å². The number of aliphatic carboxylic acids is 1. The average molecular weight is 279 g/mol. The Bertz CT molecular complexity index is 742. The Morgan fingerprint density at radius 1 is 1.24 bits per heavy atom. The molecule has 0 aromatic heterocycles. The molecular formula is C17H13NO3. The van der Waals surface area contributed by atoms with Gasteiger partial charge < -0.3 is 9.84 Å². The highest BCUT2D eigenvalue weighted by Crippen LogP contribution is 2.28. The predicted octanol–water partition coefficient (Wildman–Crippen LogP) is 3.76. The van der Waals surface area contributed by atoms with E-state index in [2.05, 4.69) is 6.07 Å². The van der Waals surface area contributed by atoms with Gasteiger partial charge in [-0.25, -0.2) is 4.79 Å². The molecule has 2 aromatic carbocycles. The second-order valence-electron chi connectivity index (χ2n) is 4.41. The largest absolute Gasteiger partial charge is 0.478 e. The smallest absolute Gasteiger partial charge is 0.328 e. The monoisotopic (exact) mass is 279 g/mol. The van der Waals surface area contributed by atoms with Crippen LogP contribution in [0.2, 0.25) is 0 Å². The van der Waals surface area contributed by atoms with E-state index in [4.69, 9.17) is 15.1 Å². The minimum atomic E-state index is -0.990.